The summed E-state index contributed by atoms with van der Waals surface area (Å²) in [5.41, 5.74) is 6.88. The van der Waals surface area contributed by atoms with E-state index in [0.717, 1.165) is 8.26 Å². The maximum absolute atomic E-state index is 12.2. The van der Waals surface area contributed by atoms with Crippen LogP contribution in [0.15, 0.2) is 37.0 Å². The number of ketones is 1. The predicted octanol–water partition coefficient (Wildman–Crippen LogP) is 4.85. The van der Waals surface area contributed by atoms with Crippen LogP contribution in [0.3, 0.4) is 0 Å². The van der Waals surface area contributed by atoms with Crippen LogP contribution in [0.5, 0.6) is 0 Å². The summed E-state index contributed by atoms with van der Waals surface area (Å²) in [4.78, 5) is 12.9. The molecular formula is C11H6Br3NOS. The van der Waals surface area contributed by atoms with Gasteiger partial charge < -0.3 is 5.73 Å². The van der Waals surface area contributed by atoms with Gasteiger partial charge in [0.15, 0.2) is 0 Å². The van der Waals surface area contributed by atoms with Crippen molar-refractivity contribution in [2.75, 3.05) is 5.73 Å². The number of hydrogen-bond donors (Lipinski definition) is 1. The Morgan fingerprint density at radius 2 is 1.82 bits per heavy atom. The fraction of sp³-hybridized carbons (Fsp3) is 0. The molecule has 1 heterocycles. The fourth-order valence-corrected chi connectivity index (χ4v) is 3.87. The highest BCUT2D eigenvalue weighted by Crippen LogP contribution is 2.34. The minimum atomic E-state index is -0.0201. The lowest BCUT2D eigenvalue weighted by Crippen LogP contribution is -2.00. The molecule has 2 rings (SSSR count). The molecule has 2 N–H and O–H groups in total. The summed E-state index contributed by atoms with van der Waals surface area (Å²) in [6.45, 7) is 0. The van der Waals surface area contributed by atoms with E-state index in [1.54, 1.807) is 24.3 Å². The van der Waals surface area contributed by atoms with E-state index in [2.05, 4.69) is 47.8 Å². The van der Waals surface area contributed by atoms with Crippen LogP contribution < -0.4 is 5.73 Å². The molecule has 0 aliphatic carbocycles. The van der Waals surface area contributed by atoms with Gasteiger partial charge in [0.1, 0.15) is 0 Å². The smallest absolute Gasteiger partial charge is 0.204 e. The Bertz CT molecular complexity index is 575. The molecule has 2 aromatic rings. The average molecular weight is 440 g/mol. The van der Waals surface area contributed by atoms with Crippen LogP contribution in [0.4, 0.5) is 5.69 Å². The van der Waals surface area contributed by atoms with Gasteiger partial charge in [-0.15, -0.1) is 11.3 Å². The second-order valence-electron chi connectivity index (χ2n) is 3.30. The van der Waals surface area contributed by atoms with Crippen molar-refractivity contribution in [2.45, 2.75) is 0 Å². The maximum atomic E-state index is 12.2. The lowest BCUT2D eigenvalue weighted by Gasteiger charge is -2.02. The summed E-state index contributed by atoms with van der Waals surface area (Å²) in [6.07, 6.45) is 0. The van der Waals surface area contributed by atoms with E-state index in [4.69, 9.17) is 5.73 Å². The number of carbonyl (C=O) groups excluding carboxylic acids is 1. The summed E-state index contributed by atoms with van der Waals surface area (Å²) in [5, 5.41) is 0. The SMILES string of the molecule is Nc1ccc(C(=O)c2cc(Br)c(Br)s2)c(Br)c1. The number of thiophene rings is 1. The Morgan fingerprint density at radius 3 is 2.35 bits per heavy atom. The molecule has 88 valence electrons. The highest BCUT2D eigenvalue weighted by Gasteiger charge is 2.16. The molecule has 0 atom stereocenters. The summed E-state index contributed by atoms with van der Waals surface area (Å²) in [5.74, 6) is -0.0201. The molecule has 0 amide bonds. The first-order valence-corrected chi connectivity index (χ1v) is 7.73. The monoisotopic (exact) mass is 437 g/mol. The molecule has 1 aromatic carbocycles. The van der Waals surface area contributed by atoms with Crippen molar-refractivity contribution in [1.29, 1.82) is 0 Å². The second kappa shape index (κ2) is 5.22. The van der Waals surface area contributed by atoms with Crippen molar-refractivity contribution in [3.8, 4) is 0 Å². The third-order valence-corrected chi connectivity index (χ3v) is 6.02. The molecule has 17 heavy (non-hydrogen) atoms. The molecule has 2 nitrogen and oxygen atoms in total. The van der Waals surface area contributed by atoms with Gasteiger partial charge in [0.05, 0.1) is 8.66 Å². The normalized spacial score (nSPS) is 10.5. The molecule has 0 bridgehead atoms. The van der Waals surface area contributed by atoms with E-state index in [1.807, 2.05) is 0 Å². The highest BCUT2D eigenvalue weighted by molar-refractivity contribution is 9.13. The van der Waals surface area contributed by atoms with Crippen LogP contribution in [-0.4, -0.2) is 5.78 Å². The molecule has 0 saturated carbocycles. The summed E-state index contributed by atoms with van der Waals surface area (Å²) in [6, 6.07) is 6.98. The van der Waals surface area contributed by atoms with Crippen molar-refractivity contribution < 1.29 is 4.79 Å². The van der Waals surface area contributed by atoms with Crippen molar-refractivity contribution in [2.24, 2.45) is 0 Å². The van der Waals surface area contributed by atoms with E-state index in [9.17, 15) is 4.79 Å². The van der Waals surface area contributed by atoms with Gasteiger partial charge in [0.2, 0.25) is 5.78 Å². The summed E-state index contributed by atoms with van der Waals surface area (Å²) >= 11 is 11.5. The third-order valence-electron chi connectivity index (χ3n) is 2.11. The number of carbonyl (C=O) groups is 1. The number of rotatable bonds is 2. The van der Waals surface area contributed by atoms with Crippen LogP contribution in [0, 0.1) is 0 Å². The molecule has 0 aliphatic rings. The van der Waals surface area contributed by atoms with Crippen molar-refractivity contribution in [3.05, 3.63) is 47.4 Å². The second-order valence-corrected chi connectivity index (χ2v) is 7.38. The average Bonchev–Trinajstić information content (AvgIpc) is 2.58. The number of hydrogen-bond acceptors (Lipinski definition) is 3. The van der Waals surface area contributed by atoms with Gasteiger partial charge in [-0.3, -0.25) is 4.79 Å². The third kappa shape index (κ3) is 2.81. The summed E-state index contributed by atoms with van der Waals surface area (Å²) in [7, 11) is 0. The van der Waals surface area contributed by atoms with Crippen molar-refractivity contribution >= 4 is 70.6 Å². The predicted molar refractivity (Wildman–Crippen MR) is 81.7 cm³/mol. The largest absolute Gasteiger partial charge is 0.399 e. The van der Waals surface area contributed by atoms with Gasteiger partial charge >= 0.3 is 0 Å². The Kier molecular flexibility index (Phi) is 4.07. The fourth-order valence-electron chi connectivity index (χ4n) is 1.31. The standard InChI is InChI=1S/C11H6Br3NOS/c12-7-3-5(15)1-2-6(7)10(16)9-4-8(13)11(14)17-9/h1-4H,15H2. The van der Waals surface area contributed by atoms with E-state index in [1.165, 1.54) is 11.3 Å². The molecule has 0 unspecified atom stereocenters. The number of benzene rings is 1. The topological polar surface area (TPSA) is 43.1 Å². The van der Waals surface area contributed by atoms with E-state index >= 15 is 0 Å². The van der Waals surface area contributed by atoms with Crippen LogP contribution >= 0.6 is 59.1 Å². The first-order valence-electron chi connectivity index (χ1n) is 4.53. The first kappa shape index (κ1) is 13.3. The minimum Gasteiger partial charge on any atom is -0.399 e. The molecule has 6 heteroatoms. The van der Waals surface area contributed by atoms with Gasteiger partial charge in [-0.05, 0) is 72.1 Å². The number of halogens is 3. The number of anilines is 1. The highest BCUT2D eigenvalue weighted by atomic mass is 79.9. The van der Waals surface area contributed by atoms with Gasteiger partial charge in [-0.1, -0.05) is 0 Å². The Balaban J connectivity index is 2.43. The number of nitrogens with two attached hydrogens (primary N) is 1. The zero-order valence-electron chi connectivity index (χ0n) is 8.34. The molecule has 0 fully saturated rings. The lowest BCUT2D eigenvalue weighted by atomic mass is 10.1. The first-order chi connectivity index (χ1) is 7.99. The quantitative estimate of drug-likeness (QED) is 0.537. The van der Waals surface area contributed by atoms with E-state index in [0.29, 0.717) is 20.6 Å². The van der Waals surface area contributed by atoms with Crippen molar-refractivity contribution in [3.63, 3.8) is 0 Å². The number of nitrogen functional groups attached to an aromatic ring is 1. The summed E-state index contributed by atoms with van der Waals surface area (Å²) < 4.78 is 2.51. The van der Waals surface area contributed by atoms with Gasteiger partial charge in [0.25, 0.3) is 0 Å². The zero-order chi connectivity index (χ0) is 12.6. The van der Waals surface area contributed by atoms with Crippen LogP contribution in [0.1, 0.15) is 15.2 Å². The molecule has 0 aliphatic heterocycles. The Morgan fingerprint density at radius 1 is 1.12 bits per heavy atom. The van der Waals surface area contributed by atoms with Crippen LogP contribution in [-0.2, 0) is 0 Å². The van der Waals surface area contributed by atoms with Crippen molar-refractivity contribution in [1.82, 2.24) is 0 Å². The van der Waals surface area contributed by atoms with Gasteiger partial charge in [-0.25, -0.2) is 0 Å². The molecule has 0 spiro atoms. The zero-order valence-corrected chi connectivity index (χ0v) is 13.9. The van der Waals surface area contributed by atoms with Gasteiger partial charge in [0, 0.05) is 20.2 Å². The van der Waals surface area contributed by atoms with Crippen LogP contribution in [0.2, 0.25) is 0 Å². The van der Waals surface area contributed by atoms with Gasteiger partial charge in [-0.2, -0.15) is 0 Å². The molecular weight excluding hydrogens is 434 g/mol. The minimum absolute atomic E-state index is 0.0201. The molecule has 1 aromatic heterocycles. The Hall–Kier alpha value is -0.170. The lowest BCUT2D eigenvalue weighted by molar-refractivity contribution is 0.104. The van der Waals surface area contributed by atoms with E-state index < -0.39 is 0 Å². The molecule has 0 saturated heterocycles. The maximum Gasteiger partial charge on any atom is 0.204 e. The molecule has 0 radical (unpaired) electrons. The Labute approximate surface area is 128 Å². The van der Waals surface area contributed by atoms with Crippen LogP contribution in [0.25, 0.3) is 0 Å². The van der Waals surface area contributed by atoms with E-state index in [-0.39, 0.29) is 5.78 Å².